The lowest BCUT2D eigenvalue weighted by molar-refractivity contribution is -0.128. The molecule has 3 unspecified atom stereocenters. The van der Waals surface area contributed by atoms with E-state index in [-0.39, 0.29) is 36.3 Å². The molecule has 3 atom stereocenters. The van der Waals surface area contributed by atoms with Gasteiger partial charge in [0.2, 0.25) is 5.91 Å². The number of nitrogens with one attached hydrogen (secondary N) is 2. The Balaban J connectivity index is 0.00000240. The highest BCUT2D eigenvalue weighted by Crippen LogP contribution is 2.38. The lowest BCUT2D eigenvalue weighted by Gasteiger charge is -2.49. The number of benzene rings is 1. The van der Waals surface area contributed by atoms with Crippen LogP contribution < -0.4 is 10.6 Å². The van der Waals surface area contributed by atoms with Gasteiger partial charge < -0.3 is 15.1 Å². The van der Waals surface area contributed by atoms with Crippen molar-refractivity contribution in [3.63, 3.8) is 0 Å². The normalized spacial score (nSPS) is 25.2. The molecule has 0 radical (unpaired) electrons. The number of hydrogen-bond donors (Lipinski definition) is 2. The zero-order valence-electron chi connectivity index (χ0n) is 17.3. The number of nitrogens with zero attached hydrogens (tertiary/aromatic N) is 3. The molecule has 8 heteroatoms. The van der Waals surface area contributed by atoms with Crippen molar-refractivity contribution >= 4 is 35.9 Å². The molecule has 0 spiro atoms. The second-order valence-corrected chi connectivity index (χ2v) is 7.97. The van der Waals surface area contributed by atoms with Gasteiger partial charge in [0.25, 0.3) is 0 Å². The molecule has 0 aromatic heterocycles. The first-order valence-corrected chi connectivity index (χ1v) is 10.3. The first-order chi connectivity index (χ1) is 13.5. The van der Waals surface area contributed by atoms with Gasteiger partial charge in [0.1, 0.15) is 12.0 Å². The van der Waals surface area contributed by atoms with Crippen molar-refractivity contribution < 1.29 is 9.59 Å². The van der Waals surface area contributed by atoms with Crippen LogP contribution in [-0.4, -0.2) is 59.9 Å². The Bertz CT molecular complexity index is 823. The molecule has 3 aliphatic heterocycles. The van der Waals surface area contributed by atoms with Crippen LogP contribution in [0.15, 0.2) is 23.2 Å². The van der Waals surface area contributed by atoms with Gasteiger partial charge >= 0.3 is 6.03 Å². The molecule has 1 aromatic carbocycles. The Morgan fingerprint density at radius 1 is 1.24 bits per heavy atom. The number of amidine groups is 1. The Hall–Kier alpha value is -2.12. The summed E-state index contributed by atoms with van der Waals surface area (Å²) in [6.07, 6.45) is 1.28. The third-order valence-corrected chi connectivity index (χ3v) is 6.26. The molecular weight excluding hydrogens is 390 g/mol. The number of fused-ring (bicyclic) bond motifs is 3. The van der Waals surface area contributed by atoms with Crippen LogP contribution in [0.4, 0.5) is 10.5 Å². The van der Waals surface area contributed by atoms with Crippen molar-refractivity contribution in [1.82, 2.24) is 20.4 Å². The summed E-state index contributed by atoms with van der Waals surface area (Å²) in [5.74, 6) is 0.802. The van der Waals surface area contributed by atoms with E-state index in [1.807, 2.05) is 0 Å². The van der Waals surface area contributed by atoms with Crippen LogP contribution in [0.3, 0.4) is 0 Å². The average molecular weight is 420 g/mol. The molecule has 7 nitrogen and oxygen atoms in total. The third-order valence-electron chi connectivity index (χ3n) is 6.26. The quantitative estimate of drug-likeness (QED) is 0.768. The Morgan fingerprint density at radius 3 is 2.72 bits per heavy atom. The topological polar surface area (TPSA) is 77.0 Å². The van der Waals surface area contributed by atoms with E-state index >= 15 is 0 Å². The van der Waals surface area contributed by atoms with Crippen molar-refractivity contribution in [3.8, 4) is 0 Å². The zero-order chi connectivity index (χ0) is 19.8. The van der Waals surface area contributed by atoms with E-state index in [4.69, 9.17) is 4.99 Å². The monoisotopic (exact) mass is 419 g/mol. The molecule has 4 rings (SSSR count). The maximum absolute atomic E-state index is 12.6. The third kappa shape index (κ3) is 4.12. The van der Waals surface area contributed by atoms with Crippen molar-refractivity contribution in [2.24, 2.45) is 16.8 Å². The minimum absolute atomic E-state index is 0. The van der Waals surface area contributed by atoms with Gasteiger partial charge in [-0.1, -0.05) is 26.0 Å². The molecule has 158 valence electrons. The highest BCUT2D eigenvalue weighted by atomic mass is 35.5. The number of carbonyl (C=O) groups excluding carboxylic acids is 2. The molecule has 2 fully saturated rings. The van der Waals surface area contributed by atoms with Gasteiger partial charge in [0.05, 0.1) is 11.6 Å². The Morgan fingerprint density at radius 2 is 2.00 bits per heavy atom. The number of urea groups is 1. The zero-order valence-corrected chi connectivity index (χ0v) is 18.1. The van der Waals surface area contributed by atoms with Gasteiger partial charge in [0, 0.05) is 19.0 Å². The maximum Gasteiger partial charge on any atom is 0.323 e. The summed E-state index contributed by atoms with van der Waals surface area (Å²) in [6.45, 7) is 9.95. The molecule has 2 N–H and O–H groups in total. The second-order valence-electron chi connectivity index (χ2n) is 7.97. The molecule has 3 aliphatic rings. The van der Waals surface area contributed by atoms with Gasteiger partial charge in [-0.2, -0.15) is 0 Å². The standard InChI is InChI=1S/C21H29N5O2.ClH/c1-4-25(5-2)8-9-26-18-15(11-14-7-6-13(3)10-17(14)22-18)12-16-19(26)23-21(28)24-20(16)27;/h6-7,10,15-16,19H,4-5,8-9,11-12H2,1-3H3,(H2,23,24,27,28);1H. The Labute approximate surface area is 178 Å². The van der Waals surface area contributed by atoms with Crippen LogP contribution in [0.2, 0.25) is 0 Å². The van der Waals surface area contributed by atoms with Crippen LogP contribution in [0.1, 0.15) is 31.4 Å². The number of halogens is 1. The summed E-state index contributed by atoms with van der Waals surface area (Å²) >= 11 is 0. The SMILES string of the molecule is CCN(CC)CCN1C2=Nc3cc(C)ccc3CC2CC2C(=O)NC(=O)NC21.Cl. The summed E-state index contributed by atoms with van der Waals surface area (Å²) < 4.78 is 0. The van der Waals surface area contributed by atoms with Crippen molar-refractivity contribution in [2.45, 2.75) is 39.8 Å². The van der Waals surface area contributed by atoms with E-state index in [9.17, 15) is 9.59 Å². The maximum atomic E-state index is 12.6. The highest BCUT2D eigenvalue weighted by molar-refractivity contribution is 6.01. The fourth-order valence-electron chi connectivity index (χ4n) is 4.65. The summed E-state index contributed by atoms with van der Waals surface area (Å²) in [6, 6.07) is 5.99. The number of aryl methyl sites for hydroxylation is 1. The van der Waals surface area contributed by atoms with Gasteiger partial charge in [0.15, 0.2) is 0 Å². The highest BCUT2D eigenvalue weighted by Gasteiger charge is 2.47. The first-order valence-electron chi connectivity index (χ1n) is 10.3. The number of likely N-dealkylation sites (N-methyl/N-ethyl adjacent to an activating group) is 1. The van der Waals surface area contributed by atoms with Gasteiger partial charge in [-0.15, -0.1) is 12.4 Å². The number of imide groups is 1. The molecule has 1 aromatic rings. The Kier molecular flexibility index (Phi) is 6.49. The van der Waals surface area contributed by atoms with Crippen LogP contribution in [-0.2, 0) is 11.2 Å². The van der Waals surface area contributed by atoms with E-state index in [1.54, 1.807) is 0 Å². The summed E-state index contributed by atoms with van der Waals surface area (Å²) in [7, 11) is 0. The molecule has 3 heterocycles. The number of likely N-dealkylation sites (tertiary alicyclic amines) is 1. The largest absolute Gasteiger partial charge is 0.337 e. The lowest BCUT2D eigenvalue weighted by atomic mass is 9.79. The number of rotatable bonds is 5. The van der Waals surface area contributed by atoms with E-state index in [2.05, 4.69) is 59.4 Å². The second kappa shape index (κ2) is 8.71. The number of piperidine rings is 1. The number of carbonyl (C=O) groups is 2. The molecule has 2 saturated heterocycles. The van der Waals surface area contributed by atoms with Crippen LogP contribution in [0.25, 0.3) is 0 Å². The van der Waals surface area contributed by atoms with E-state index < -0.39 is 6.03 Å². The number of aliphatic imine (C=N–C) groups is 1. The average Bonchev–Trinajstić information content (AvgIpc) is 2.67. The number of hydrogen-bond acceptors (Lipinski definition) is 5. The van der Waals surface area contributed by atoms with Crippen molar-refractivity contribution in [1.29, 1.82) is 0 Å². The summed E-state index contributed by atoms with van der Waals surface area (Å²) in [5, 5.41) is 5.43. The van der Waals surface area contributed by atoms with Crippen LogP contribution in [0, 0.1) is 18.8 Å². The molecule has 0 aliphatic carbocycles. The minimum atomic E-state index is -0.412. The molecule has 0 bridgehead atoms. The van der Waals surface area contributed by atoms with E-state index in [0.717, 1.165) is 44.1 Å². The van der Waals surface area contributed by atoms with Crippen LogP contribution >= 0.6 is 12.4 Å². The summed E-state index contributed by atoms with van der Waals surface area (Å²) in [4.78, 5) is 34.1. The van der Waals surface area contributed by atoms with E-state index in [1.165, 1.54) is 11.1 Å². The predicted molar refractivity (Wildman–Crippen MR) is 116 cm³/mol. The fraction of sp³-hybridized carbons (Fsp3) is 0.571. The molecular formula is C21H30ClN5O2. The molecule has 0 saturated carbocycles. The minimum Gasteiger partial charge on any atom is -0.337 e. The van der Waals surface area contributed by atoms with E-state index in [0.29, 0.717) is 6.42 Å². The van der Waals surface area contributed by atoms with Gasteiger partial charge in [-0.05, 0) is 50.0 Å². The molecule has 29 heavy (non-hydrogen) atoms. The van der Waals surface area contributed by atoms with Crippen molar-refractivity contribution in [2.75, 3.05) is 26.2 Å². The fourth-order valence-corrected chi connectivity index (χ4v) is 4.65. The lowest BCUT2D eigenvalue weighted by Crippen LogP contribution is -2.69. The van der Waals surface area contributed by atoms with Gasteiger partial charge in [-0.3, -0.25) is 10.1 Å². The summed E-state index contributed by atoms with van der Waals surface area (Å²) in [5.41, 5.74) is 3.45. The predicted octanol–water partition coefficient (Wildman–Crippen LogP) is 2.45. The van der Waals surface area contributed by atoms with Crippen molar-refractivity contribution in [3.05, 3.63) is 29.3 Å². The number of amides is 3. The molecule has 3 amide bonds. The van der Waals surface area contributed by atoms with Crippen LogP contribution in [0.5, 0.6) is 0 Å². The van der Waals surface area contributed by atoms with Gasteiger partial charge in [-0.25, -0.2) is 9.79 Å². The first kappa shape index (κ1) is 21.6. The smallest absolute Gasteiger partial charge is 0.323 e.